The van der Waals surface area contributed by atoms with Gasteiger partial charge in [-0.2, -0.15) is 5.10 Å². The Labute approximate surface area is 115 Å². The minimum atomic E-state index is 0.400. The van der Waals surface area contributed by atoms with Gasteiger partial charge in [0.05, 0.1) is 17.3 Å². The van der Waals surface area contributed by atoms with Crippen LogP contribution in [0.5, 0.6) is 0 Å². The van der Waals surface area contributed by atoms with Crippen LogP contribution in [0.2, 0.25) is 0 Å². The molecule has 1 aromatic carbocycles. The van der Waals surface area contributed by atoms with E-state index in [4.69, 9.17) is 5.10 Å². The van der Waals surface area contributed by atoms with E-state index in [-0.39, 0.29) is 0 Å². The summed E-state index contributed by atoms with van der Waals surface area (Å²) in [7, 11) is 2.04. The van der Waals surface area contributed by atoms with Crippen molar-refractivity contribution in [2.75, 3.05) is 6.54 Å². The van der Waals surface area contributed by atoms with Gasteiger partial charge in [0, 0.05) is 12.4 Å². The largest absolute Gasteiger partial charge is 0.309 e. The molecule has 3 heteroatoms. The Bertz CT molecular complexity index is 554. The van der Waals surface area contributed by atoms with E-state index in [1.54, 1.807) is 0 Å². The highest BCUT2D eigenvalue weighted by Crippen LogP contribution is 2.36. The average molecular weight is 257 g/mol. The van der Waals surface area contributed by atoms with E-state index in [1.807, 2.05) is 11.7 Å². The van der Waals surface area contributed by atoms with Gasteiger partial charge in [-0.05, 0) is 31.4 Å². The lowest BCUT2D eigenvalue weighted by Crippen LogP contribution is -2.21. The zero-order chi connectivity index (χ0) is 13.2. The van der Waals surface area contributed by atoms with Crippen molar-refractivity contribution in [1.29, 1.82) is 0 Å². The molecule has 0 aliphatic heterocycles. The number of nitrogens with one attached hydrogen (secondary N) is 1. The molecule has 0 saturated heterocycles. The first-order valence-corrected chi connectivity index (χ1v) is 7.44. The average Bonchev–Trinajstić information content (AvgIpc) is 3.20. The molecule has 1 unspecified atom stereocenters. The second-order valence-electron chi connectivity index (χ2n) is 5.66. The Balaban J connectivity index is 1.89. The third-order valence-corrected chi connectivity index (χ3v) is 4.13. The number of rotatable bonds is 6. The summed E-state index contributed by atoms with van der Waals surface area (Å²) in [6.07, 6.45) is 5.41. The summed E-state index contributed by atoms with van der Waals surface area (Å²) in [4.78, 5) is 0. The van der Waals surface area contributed by atoms with Gasteiger partial charge in [0.15, 0.2) is 0 Å². The molecule has 1 aromatic heterocycles. The molecule has 19 heavy (non-hydrogen) atoms. The van der Waals surface area contributed by atoms with Crippen molar-refractivity contribution in [3.63, 3.8) is 0 Å². The maximum Gasteiger partial charge on any atom is 0.0872 e. The predicted molar refractivity (Wildman–Crippen MR) is 79.1 cm³/mol. The van der Waals surface area contributed by atoms with Crippen LogP contribution in [-0.4, -0.2) is 16.3 Å². The van der Waals surface area contributed by atoms with E-state index in [0.717, 1.165) is 12.5 Å². The van der Waals surface area contributed by atoms with Crippen LogP contribution in [0.25, 0.3) is 10.9 Å². The van der Waals surface area contributed by atoms with Crippen molar-refractivity contribution >= 4 is 10.9 Å². The summed E-state index contributed by atoms with van der Waals surface area (Å²) in [6, 6.07) is 8.93. The quantitative estimate of drug-likeness (QED) is 0.859. The number of benzene rings is 1. The number of hydrogen-bond donors (Lipinski definition) is 1. The molecule has 3 nitrogen and oxygen atoms in total. The zero-order valence-corrected chi connectivity index (χ0v) is 11.9. The van der Waals surface area contributed by atoms with E-state index in [2.05, 4.69) is 36.5 Å². The summed E-state index contributed by atoms with van der Waals surface area (Å²) < 4.78 is 2.01. The zero-order valence-electron chi connectivity index (χ0n) is 11.9. The lowest BCUT2D eigenvalue weighted by molar-refractivity contribution is 0.470. The highest BCUT2D eigenvalue weighted by atomic mass is 15.3. The normalized spacial score (nSPS) is 16.9. The maximum atomic E-state index is 4.76. The van der Waals surface area contributed by atoms with Gasteiger partial charge in [0.2, 0.25) is 0 Å². The van der Waals surface area contributed by atoms with Gasteiger partial charge in [0.1, 0.15) is 0 Å². The summed E-state index contributed by atoms with van der Waals surface area (Å²) in [6.45, 7) is 3.18. The Kier molecular flexibility index (Phi) is 3.56. The molecule has 1 fully saturated rings. The van der Waals surface area contributed by atoms with Gasteiger partial charge in [-0.25, -0.2) is 0 Å². The number of nitrogens with zero attached hydrogens (tertiary/aromatic N) is 2. The molecule has 102 valence electrons. The number of aryl methyl sites for hydroxylation is 1. The van der Waals surface area contributed by atoms with Crippen LogP contribution in [0.1, 0.15) is 44.3 Å². The fourth-order valence-corrected chi connectivity index (χ4v) is 2.89. The van der Waals surface area contributed by atoms with Crippen LogP contribution in [0, 0.1) is 5.92 Å². The van der Waals surface area contributed by atoms with Crippen molar-refractivity contribution in [2.24, 2.45) is 13.0 Å². The molecule has 0 spiro atoms. The van der Waals surface area contributed by atoms with E-state index in [9.17, 15) is 0 Å². The third kappa shape index (κ3) is 2.66. The maximum absolute atomic E-state index is 4.76. The molecule has 0 bridgehead atoms. The lowest BCUT2D eigenvalue weighted by Gasteiger charge is -2.16. The van der Waals surface area contributed by atoms with Gasteiger partial charge in [-0.15, -0.1) is 0 Å². The van der Waals surface area contributed by atoms with E-state index in [1.165, 1.54) is 42.3 Å². The number of hydrogen-bond acceptors (Lipinski definition) is 2. The SMILES string of the molecule is CCNC(CCC1CC1)c1nn(C)c2ccccc12. The van der Waals surface area contributed by atoms with Gasteiger partial charge in [-0.3, -0.25) is 4.68 Å². The summed E-state index contributed by atoms with van der Waals surface area (Å²) in [5, 5.41) is 9.67. The first-order chi connectivity index (χ1) is 9.29. The van der Waals surface area contributed by atoms with Gasteiger partial charge < -0.3 is 5.32 Å². The summed E-state index contributed by atoms with van der Waals surface area (Å²) >= 11 is 0. The van der Waals surface area contributed by atoms with E-state index >= 15 is 0 Å². The monoisotopic (exact) mass is 257 g/mol. The van der Waals surface area contributed by atoms with Crippen LogP contribution in [0.15, 0.2) is 24.3 Å². The van der Waals surface area contributed by atoms with Crippen molar-refractivity contribution in [1.82, 2.24) is 15.1 Å². The first-order valence-electron chi connectivity index (χ1n) is 7.44. The molecule has 0 radical (unpaired) electrons. The van der Waals surface area contributed by atoms with Crippen LogP contribution < -0.4 is 5.32 Å². The number of para-hydroxylation sites is 1. The first kappa shape index (κ1) is 12.7. The Morgan fingerprint density at radius 3 is 2.89 bits per heavy atom. The highest BCUT2D eigenvalue weighted by Gasteiger charge is 2.24. The van der Waals surface area contributed by atoms with Crippen LogP contribution >= 0.6 is 0 Å². The van der Waals surface area contributed by atoms with Crippen molar-refractivity contribution in [2.45, 2.75) is 38.6 Å². The standard InChI is InChI=1S/C16H23N3/c1-3-17-14(11-10-12-8-9-12)16-13-6-4-5-7-15(13)19(2)18-16/h4-7,12,14,17H,3,8-11H2,1-2H3. The Morgan fingerprint density at radius 1 is 1.37 bits per heavy atom. The Morgan fingerprint density at radius 2 is 2.16 bits per heavy atom. The smallest absolute Gasteiger partial charge is 0.0872 e. The molecule has 0 amide bonds. The van der Waals surface area contributed by atoms with Gasteiger partial charge in [-0.1, -0.05) is 38.0 Å². The predicted octanol–water partition coefficient (Wildman–Crippen LogP) is 3.41. The lowest BCUT2D eigenvalue weighted by atomic mass is 10.0. The topological polar surface area (TPSA) is 29.9 Å². The second-order valence-corrected chi connectivity index (χ2v) is 5.66. The molecule has 3 rings (SSSR count). The fraction of sp³-hybridized carbons (Fsp3) is 0.562. The molecule has 1 saturated carbocycles. The van der Waals surface area contributed by atoms with Crippen LogP contribution in [0.4, 0.5) is 0 Å². The molecule has 2 aromatic rings. The van der Waals surface area contributed by atoms with E-state index in [0.29, 0.717) is 6.04 Å². The molecule has 1 aliphatic carbocycles. The highest BCUT2D eigenvalue weighted by molar-refractivity contribution is 5.82. The van der Waals surface area contributed by atoms with Crippen LogP contribution in [0.3, 0.4) is 0 Å². The third-order valence-electron chi connectivity index (χ3n) is 4.13. The molecular formula is C16H23N3. The molecular weight excluding hydrogens is 234 g/mol. The summed E-state index contributed by atoms with van der Waals surface area (Å²) in [5.74, 6) is 0.983. The van der Waals surface area contributed by atoms with Crippen molar-refractivity contribution in [3.8, 4) is 0 Å². The van der Waals surface area contributed by atoms with Gasteiger partial charge >= 0.3 is 0 Å². The Hall–Kier alpha value is -1.35. The molecule has 1 aliphatic rings. The second kappa shape index (κ2) is 5.33. The minimum Gasteiger partial charge on any atom is -0.309 e. The minimum absolute atomic E-state index is 0.400. The number of fused-ring (bicyclic) bond motifs is 1. The van der Waals surface area contributed by atoms with Crippen LogP contribution in [-0.2, 0) is 7.05 Å². The molecule has 1 N–H and O–H groups in total. The summed E-state index contributed by atoms with van der Waals surface area (Å²) in [5.41, 5.74) is 2.45. The van der Waals surface area contributed by atoms with Crippen molar-refractivity contribution in [3.05, 3.63) is 30.0 Å². The fourth-order valence-electron chi connectivity index (χ4n) is 2.89. The van der Waals surface area contributed by atoms with Crippen molar-refractivity contribution < 1.29 is 0 Å². The van der Waals surface area contributed by atoms with E-state index < -0.39 is 0 Å². The molecule has 1 heterocycles. The van der Waals surface area contributed by atoms with Gasteiger partial charge in [0.25, 0.3) is 0 Å². The number of aromatic nitrogens is 2. The molecule has 1 atom stereocenters.